The molecule has 2 N–H and O–H groups in total. The van der Waals surface area contributed by atoms with Gasteiger partial charge < -0.3 is 10.6 Å². The molecule has 0 atom stereocenters. The molecule has 0 bridgehead atoms. The number of amides is 2. The van der Waals surface area contributed by atoms with E-state index in [-0.39, 0.29) is 11.5 Å². The van der Waals surface area contributed by atoms with Gasteiger partial charge in [0, 0.05) is 41.7 Å². The molecule has 2 aromatic carbocycles. The largest absolute Gasteiger partial charge is 0.352 e. The molecule has 29 heavy (non-hydrogen) atoms. The molecule has 7 heteroatoms. The minimum Gasteiger partial charge on any atom is -0.352 e. The molecule has 0 fully saturated rings. The van der Waals surface area contributed by atoms with Crippen molar-refractivity contribution in [1.29, 1.82) is 0 Å². The van der Waals surface area contributed by atoms with Crippen molar-refractivity contribution in [2.45, 2.75) is 20.3 Å². The highest BCUT2D eigenvalue weighted by Crippen LogP contribution is 2.28. The number of carbonyl (C=O) groups excluding carboxylic acids is 2. The van der Waals surface area contributed by atoms with Crippen molar-refractivity contribution >= 4 is 17.5 Å². The van der Waals surface area contributed by atoms with Crippen LogP contribution >= 0.6 is 0 Å². The van der Waals surface area contributed by atoms with E-state index in [1.807, 2.05) is 27.0 Å². The lowest BCUT2D eigenvalue weighted by molar-refractivity contribution is 0.0944. The Kier molecular flexibility index (Phi) is 4.66. The molecular formula is C22H21FN4O2. The van der Waals surface area contributed by atoms with E-state index in [9.17, 15) is 14.0 Å². The molecule has 1 aromatic heterocycles. The van der Waals surface area contributed by atoms with Crippen molar-refractivity contribution in [3.63, 3.8) is 0 Å². The van der Waals surface area contributed by atoms with E-state index in [1.165, 1.54) is 12.1 Å². The van der Waals surface area contributed by atoms with Crippen LogP contribution in [0.25, 0.3) is 11.1 Å². The summed E-state index contributed by atoms with van der Waals surface area (Å²) >= 11 is 0. The third-order valence-corrected chi connectivity index (χ3v) is 5.25. The quantitative estimate of drug-likeness (QED) is 0.718. The zero-order chi connectivity index (χ0) is 20.7. The standard InChI is InChI=1S/C22H21FN4O2/c1-12-20(13(2)27(3)26-12)15-8-16(10-17(23)9-15)21(28)25-18-5-4-14-6-7-24-22(29)19(14)11-18/h4-5,8-11H,6-7H2,1-3H3,(H,24,29)(H,25,28). The number of benzene rings is 2. The number of aromatic nitrogens is 2. The van der Waals surface area contributed by atoms with E-state index < -0.39 is 11.7 Å². The highest BCUT2D eigenvalue weighted by molar-refractivity contribution is 6.06. The SMILES string of the molecule is Cc1nn(C)c(C)c1-c1cc(F)cc(C(=O)Nc2ccc3c(c2)C(=O)NCC3)c1. The van der Waals surface area contributed by atoms with Crippen LogP contribution in [0, 0.1) is 19.7 Å². The van der Waals surface area contributed by atoms with Gasteiger partial charge in [-0.05, 0) is 61.7 Å². The van der Waals surface area contributed by atoms with E-state index in [4.69, 9.17) is 0 Å². The van der Waals surface area contributed by atoms with Gasteiger partial charge in [-0.15, -0.1) is 0 Å². The summed E-state index contributed by atoms with van der Waals surface area (Å²) in [6.07, 6.45) is 0.756. The van der Waals surface area contributed by atoms with Crippen LogP contribution in [0.1, 0.15) is 37.7 Å². The molecule has 148 valence electrons. The predicted molar refractivity (Wildman–Crippen MR) is 109 cm³/mol. The summed E-state index contributed by atoms with van der Waals surface area (Å²) in [5.74, 6) is -1.10. The second-order valence-electron chi connectivity index (χ2n) is 7.23. The maximum atomic E-state index is 14.3. The van der Waals surface area contributed by atoms with Crippen molar-refractivity contribution in [2.24, 2.45) is 7.05 Å². The summed E-state index contributed by atoms with van der Waals surface area (Å²) in [4.78, 5) is 24.8. The fourth-order valence-electron chi connectivity index (χ4n) is 3.75. The lowest BCUT2D eigenvalue weighted by Gasteiger charge is -2.17. The first kappa shape index (κ1) is 18.9. The Morgan fingerprint density at radius 3 is 2.72 bits per heavy atom. The Morgan fingerprint density at radius 2 is 2.00 bits per heavy atom. The van der Waals surface area contributed by atoms with Crippen LogP contribution < -0.4 is 10.6 Å². The summed E-state index contributed by atoms with van der Waals surface area (Å²) in [5, 5.41) is 9.91. The number of hydrogen-bond donors (Lipinski definition) is 2. The lowest BCUT2D eigenvalue weighted by Crippen LogP contribution is -2.31. The Labute approximate surface area is 167 Å². The maximum Gasteiger partial charge on any atom is 0.255 e. The number of rotatable bonds is 3. The zero-order valence-electron chi connectivity index (χ0n) is 16.5. The van der Waals surface area contributed by atoms with Crippen LogP contribution in [0.5, 0.6) is 0 Å². The van der Waals surface area contributed by atoms with Gasteiger partial charge in [0.15, 0.2) is 0 Å². The molecule has 0 radical (unpaired) electrons. The van der Waals surface area contributed by atoms with Crippen LogP contribution in [0.15, 0.2) is 36.4 Å². The van der Waals surface area contributed by atoms with Crippen molar-refractivity contribution in [3.05, 3.63) is 70.3 Å². The van der Waals surface area contributed by atoms with Gasteiger partial charge in [0.2, 0.25) is 0 Å². The van der Waals surface area contributed by atoms with Crippen molar-refractivity contribution in [2.75, 3.05) is 11.9 Å². The number of nitrogens with one attached hydrogen (secondary N) is 2. The molecule has 2 heterocycles. The van der Waals surface area contributed by atoms with Gasteiger partial charge in [0.05, 0.1) is 5.69 Å². The average molecular weight is 392 g/mol. The minimum absolute atomic E-state index is 0.155. The molecule has 6 nitrogen and oxygen atoms in total. The van der Waals surface area contributed by atoms with Gasteiger partial charge in [0.1, 0.15) is 5.82 Å². The normalized spacial score (nSPS) is 13.0. The van der Waals surface area contributed by atoms with Gasteiger partial charge >= 0.3 is 0 Å². The van der Waals surface area contributed by atoms with E-state index in [1.54, 1.807) is 22.9 Å². The van der Waals surface area contributed by atoms with Crippen LogP contribution in [0.2, 0.25) is 0 Å². The molecule has 0 unspecified atom stereocenters. The fourth-order valence-corrected chi connectivity index (χ4v) is 3.75. The Morgan fingerprint density at radius 1 is 1.21 bits per heavy atom. The predicted octanol–water partition coefficient (Wildman–Crippen LogP) is 3.38. The molecular weight excluding hydrogens is 371 g/mol. The highest BCUT2D eigenvalue weighted by atomic mass is 19.1. The molecule has 4 rings (SSSR count). The van der Waals surface area contributed by atoms with E-state index in [2.05, 4.69) is 15.7 Å². The number of anilines is 1. The smallest absolute Gasteiger partial charge is 0.255 e. The average Bonchev–Trinajstić information content (AvgIpc) is 2.93. The molecule has 2 amide bonds. The Balaban J connectivity index is 1.65. The molecule has 1 aliphatic rings. The molecule has 0 saturated carbocycles. The first-order valence-electron chi connectivity index (χ1n) is 9.37. The summed E-state index contributed by atoms with van der Waals surface area (Å²) < 4.78 is 16.0. The third kappa shape index (κ3) is 3.51. The van der Waals surface area contributed by atoms with Crippen LogP contribution in [0.3, 0.4) is 0 Å². The lowest BCUT2D eigenvalue weighted by atomic mass is 9.99. The van der Waals surface area contributed by atoms with Crippen molar-refractivity contribution < 1.29 is 14.0 Å². The van der Waals surface area contributed by atoms with Crippen LogP contribution in [0.4, 0.5) is 10.1 Å². The van der Waals surface area contributed by atoms with Gasteiger partial charge in [-0.3, -0.25) is 14.3 Å². The Bertz CT molecular complexity index is 1150. The number of carbonyl (C=O) groups is 2. The molecule has 1 aliphatic heterocycles. The van der Waals surface area contributed by atoms with Crippen molar-refractivity contribution in [3.8, 4) is 11.1 Å². The summed E-state index contributed by atoms with van der Waals surface area (Å²) in [6, 6.07) is 9.49. The molecule has 0 aliphatic carbocycles. The summed E-state index contributed by atoms with van der Waals surface area (Å²) in [6.45, 7) is 4.36. The monoisotopic (exact) mass is 392 g/mol. The number of aryl methyl sites for hydroxylation is 2. The van der Waals surface area contributed by atoms with Gasteiger partial charge in [0.25, 0.3) is 11.8 Å². The zero-order valence-corrected chi connectivity index (χ0v) is 16.5. The number of halogens is 1. The van der Waals surface area contributed by atoms with Crippen LogP contribution in [-0.2, 0) is 13.5 Å². The maximum absolute atomic E-state index is 14.3. The summed E-state index contributed by atoms with van der Waals surface area (Å²) in [7, 11) is 1.82. The van der Waals surface area contributed by atoms with Gasteiger partial charge in [-0.1, -0.05) is 6.07 Å². The van der Waals surface area contributed by atoms with Gasteiger partial charge in [-0.25, -0.2) is 4.39 Å². The second-order valence-corrected chi connectivity index (χ2v) is 7.23. The van der Waals surface area contributed by atoms with Crippen LogP contribution in [-0.4, -0.2) is 28.1 Å². The van der Waals surface area contributed by atoms with Gasteiger partial charge in [-0.2, -0.15) is 5.10 Å². The second kappa shape index (κ2) is 7.16. The highest BCUT2D eigenvalue weighted by Gasteiger charge is 2.19. The Hall–Kier alpha value is -3.48. The first-order chi connectivity index (χ1) is 13.8. The topological polar surface area (TPSA) is 76.0 Å². The number of nitrogens with zero attached hydrogens (tertiary/aromatic N) is 2. The fraction of sp³-hybridized carbons (Fsp3) is 0.227. The minimum atomic E-state index is -0.500. The first-order valence-corrected chi connectivity index (χ1v) is 9.37. The van der Waals surface area contributed by atoms with Crippen molar-refractivity contribution in [1.82, 2.24) is 15.1 Å². The summed E-state index contributed by atoms with van der Waals surface area (Å²) in [5.41, 5.74) is 5.26. The molecule has 0 saturated heterocycles. The molecule has 3 aromatic rings. The van der Waals surface area contributed by atoms with E-state index in [0.29, 0.717) is 23.4 Å². The van der Waals surface area contributed by atoms with E-state index in [0.717, 1.165) is 28.9 Å². The van der Waals surface area contributed by atoms with E-state index >= 15 is 0 Å². The number of fused-ring (bicyclic) bond motifs is 1. The molecule has 0 spiro atoms. The number of hydrogen-bond acceptors (Lipinski definition) is 3. The third-order valence-electron chi connectivity index (χ3n) is 5.25.